The van der Waals surface area contributed by atoms with Gasteiger partial charge in [0.15, 0.2) is 5.65 Å². The van der Waals surface area contributed by atoms with Crippen molar-refractivity contribution in [2.75, 3.05) is 13.2 Å². The fourth-order valence-electron chi connectivity index (χ4n) is 3.53. The van der Waals surface area contributed by atoms with Crippen molar-refractivity contribution < 1.29 is 9.53 Å². The molecular weight excluding hydrogens is 332 g/mol. The normalized spacial score (nSPS) is 18.0. The minimum absolute atomic E-state index is 0.100. The van der Waals surface area contributed by atoms with Crippen molar-refractivity contribution in [2.24, 2.45) is 0 Å². The first-order valence-electron chi connectivity index (χ1n) is 9.51. The van der Waals surface area contributed by atoms with Gasteiger partial charge in [-0.15, -0.1) is 5.10 Å². The van der Waals surface area contributed by atoms with Gasteiger partial charge in [-0.05, 0) is 51.7 Å². The molecule has 0 spiro atoms. The number of pyridine rings is 1. The summed E-state index contributed by atoms with van der Waals surface area (Å²) in [6.07, 6.45) is 6.30. The lowest BCUT2D eigenvalue weighted by Crippen LogP contribution is -2.44. The number of fused-ring (bicyclic) bond motifs is 1. The van der Waals surface area contributed by atoms with Crippen molar-refractivity contribution in [3.63, 3.8) is 0 Å². The van der Waals surface area contributed by atoms with E-state index in [9.17, 15) is 9.59 Å². The number of aryl methyl sites for hydroxylation is 1. The van der Waals surface area contributed by atoms with Crippen LogP contribution < -0.4 is 5.69 Å². The molecule has 3 heterocycles. The largest absolute Gasteiger partial charge is 0.379 e. The van der Waals surface area contributed by atoms with Gasteiger partial charge in [-0.3, -0.25) is 9.20 Å². The Morgan fingerprint density at radius 1 is 1.35 bits per heavy atom. The number of aromatic nitrogens is 3. The van der Waals surface area contributed by atoms with Crippen molar-refractivity contribution in [2.45, 2.75) is 64.6 Å². The van der Waals surface area contributed by atoms with Gasteiger partial charge in [0, 0.05) is 31.8 Å². The number of carbonyl (C=O) groups excluding carboxylic acids is 1. The highest BCUT2D eigenvalue weighted by Crippen LogP contribution is 2.21. The van der Waals surface area contributed by atoms with Gasteiger partial charge < -0.3 is 9.64 Å². The highest BCUT2D eigenvalue weighted by Gasteiger charge is 2.26. The fraction of sp³-hybridized carbons (Fsp3) is 0.632. The third-order valence-electron chi connectivity index (χ3n) is 4.88. The summed E-state index contributed by atoms with van der Waals surface area (Å²) in [4.78, 5) is 27.0. The predicted octanol–water partition coefficient (Wildman–Crippen LogP) is 2.08. The summed E-state index contributed by atoms with van der Waals surface area (Å²) in [6.45, 7) is 5.83. The van der Waals surface area contributed by atoms with E-state index in [1.807, 2.05) is 24.8 Å². The summed E-state index contributed by atoms with van der Waals surface area (Å²) in [5, 5.41) is 4.29. The molecule has 0 N–H and O–H groups in total. The molecule has 0 radical (unpaired) electrons. The fourth-order valence-corrected chi connectivity index (χ4v) is 3.53. The van der Waals surface area contributed by atoms with Crippen LogP contribution in [0.2, 0.25) is 0 Å². The third-order valence-corrected chi connectivity index (χ3v) is 4.88. The highest BCUT2D eigenvalue weighted by molar-refractivity contribution is 5.76. The van der Waals surface area contributed by atoms with Crippen LogP contribution in [-0.4, -0.2) is 50.3 Å². The molecule has 0 bridgehead atoms. The van der Waals surface area contributed by atoms with Crippen LogP contribution in [0.15, 0.2) is 29.2 Å². The Bertz CT molecular complexity index is 795. The lowest BCUT2D eigenvalue weighted by Gasteiger charge is -2.36. The van der Waals surface area contributed by atoms with E-state index in [-0.39, 0.29) is 23.7 Å². The number of hydrogen-bond donors (Lipinski definition) is 0. The lowest BCUT2D eigenvalue weighted by molar-refractivity contribution is -0.135. The van der Waals surface area contributed by atoms with Crippen LogP contribution in [0, 0.1) is 0 Å². The van der Waals surface area contributed by atoms with E-state index in [1.165, 1.54) is 9.08 Å². The molecule has 3 rings (SSSR count). The van der Waals surface area contributed by atoms with Gasteiger partial charge in [-0.25, -0.2) is 9.48 Å². The number of amides is 1. The van der Waals surface area contributed by atoms with Gasteiger partial charge in [0.05, 0.1) is 12.6 Å². The van der Waals surface area contributed by atoms with Crippen LogP contribution in [0.3, 0.4) is 0 Å². The van der Waals surface area contributed by atoms with E-state index in [2.05, 4.69) is 5.10 Å². The molecule has 1 amide bonds. The number of ether oxygens (including phenoxy) is 1. The zero-order valence-electron chi connectivity index (χ0n) is 15.6. The Kier molecular flexibility index (Phi) is 6.08. The molecule has 1 aliphatic heterocycles. The smallest absolute Gasteiger partial charge is 0.350 e. The first-order chi connectivity index (χ1) is 12.6. The molecule has 142 valence electrons. The molecule has 1 saturated heterocycles. The second-order valence-electron chi connectivity index (χ2n) is 7.13. The van der Waals surface area contributed by atoms with E-state index in [0.717, 1.165) is 32.2 Å². The number of rotatable bonds is 7. The molecule has 2 aromatic rings. The predicted molar refractivity (Wildman–Crippen MR) is 99.1 cm³/mol. The summed E-state index contributed by atoms with van der Waals surface area (Å²) in [7, 11) is 0. The van der Waals surface area contributed by atoms with Crippen molar-refractivity contribution in [3.05, 3.63) is 34.9 Å². The van der Waals surface area contributed by atoms with Crippen LogP contribution >= 0.6 is 0 Å². The van der Waals surface area contributed by atoms with E-state index in [4.69, 9.17) is 4.74 Å². The minimum atomic E-state index is -0.200. The number of piperidine rings is 1. The van der Waals surface area contributed by atoms with Gasteiger partial charge in [-0.1, -0.05) is 6.07 Å². The molecule has 26 heavy (non-hydrogen) atoms. The number of hydrogen-bond acceptors (Lipinski definition) is 4. The molecule has 1 aliphatic rings. The SMILES string of the molecule is CC(C)OCC[C@@H]1CCCCN1C(=O)CCn1nc2ccccn2c1=O. The molecule has 2 aromatic heterocycles. The van der Waals surface area contributed by atoms with Crippen molar-refractivity contribution in [1.82, 2.24) is 19.1 Å². The molecule has 0 aromatic carbocycles. The molecule has 0 saturated carbocycles. The second-order valence-corrected chi connectivity index (χ2v) is 7.13. The van der Waals surface area contributed by atoms with Gasteiger partial charge >= 0.3 is 5.69 Å². The molecular formula is C19H28N4O3. The average molecular weight is 360 g/mol. The second kappa shape index (κ2) is 8.49. The maximum atomic E-state index is 12.7. The maximum Gasteiger partial charge on any atom is 0.350 e. The Morgan fingerprint density at radius 2 is 2.19 bits per heavy atom. The summed E-state index contributed by atoms with van der Waals surface area (Å²) < 4.78 is 8.54. The van der Waals surface area contributed by atoms with Crippen molar-refractivity contribution in [3.8, 4) is 0 Å². The Balaban J connectivity index is 1.60. The summed E-state index contributed by atoms with van der Waals surface area (Å²) in [6, 6.07) is 5.67. The van der Waals surface area contributed by atoms with Gasteiger partial charge in [0.1, 0.15) is 0 Å². The Hall–Kier alpha value is -2.15. The maximum absolute atomic E-state index is 12.7. The first kappa shape index (κ1) is 18.6. The van der Waals surface area contributed by atoms with Gasteiger partial charge in [-0.2, -0.15) is 0 Å². The summed E-state index contributed by atoms with van der Waals surface area (Å²) in [5.74, 6) is 0.100. The lowest BCUT2D eigenvalue weighted by atomic mass is 9.99. The van der Waals surface area contributed by atoms with Crippen molar-refractivity contribution >= 4 is 11.6 Å². The molecule has 7 heteroatoms. The molecule has 1 fully saturated rings. The first-order valence-corrected chi connectivity index (χ1v) is 9.51. The van der Waals surface area contributed by atoms with Crippen LogP contribution in [0.5, 0.6) is 0 Å². The number of carbonyl (C=O) groups is 1. The molecule has 1 atom stereocenters. The number of likely N-dealkylation sites (tertiary alicyclic amines) is 1. The quantitative estimate of drug-likeness (QED) is 0.758. The standard InChI is InChI=1S/C19H28N4O3/c1-15(2)26-14-10-16-7-3-5-11-21(16)18(24)9-13-23-19(25)22-12-6-4-8-17(22)20-23/h4,6,8,12,15-16H,3,5,7,9-11,13-14H2,1-2H3/t16-/m0/s1. The summed E-state index contributed by atoms with van der Waals surface area (Å²) in [5.41, 5.74) is 0.403. The van der Waals surface area contributed by atoms with E-state index in [0.29, 0.717) is 25.2 Å². The zero-order chi connectivity index (χ0) is 18.5. The van der Waals surface area contributed by atoms with Gasteiger partial charge in [0.25, 0.3) is 0 Å². The van der Waals surface area contributed by atoms with Crippen LogP contribution in [0.1, 0.15) is 46.0 Å². The van der Waals surface area contributed by atoms with E-state index in [1.54, 1.807) is 18.3 Å². The topological polar surface area (TPSA) is 68.8 Å². The molecule has 0 aliphatic carbocycles. The molecule has 7 nitrogen and oxygen atoms in total. The van der Waals surface area contributed by atoms with E-state index >= 15 is 0 Å². The van der Waals surface area contributed by atoms with E-state index < -0.39 is 0 Å². The number of nitrogens with zero attached hydrogens (tertiary/aromatic N) is 4. The Labute approximate surface area is 153 Å². The van der Waals surface area contributed by atoms with Crippen LogP contribution in [0.4, 0.5) is 0 Å². The third kappa shape index (κ3) is 4.33. The highest BCUT2D eigenvalue weighted by atomic mass is 16.5. The van der Waals surface area contributed by atoms with Gasteiger partial charge in [0.2, 0.25) is 5.91 Å². The van der Waals surface area contributed by atoms with Crippen molar-refractivity contribution in [1.29, 1.82) is 0 Å². The van der Waals surface area contributed by atoms with Crippen LogP contribution in [-0.2, 0) is 16.1 Å². The average Bonchev–Trinajstić information content (AvgIpc) is 2.96. The monoisotopic (exact) mass is 360 g/mol. The Morgan fingerprint density at radius 3 is 2.96 bits per heavy atom. The molecule has 0 unspecified atom stereocenters. The minimum Gasteiger partial charge on any atom is -0.379 e. The van der Waals surface area contributed by atoms with Crippen LogP contribution in [0.25, 0.3) is 5.65 Å². The summed E-state index contributed by atoms with van der Waals surface area (Å²) >= 11 is 0. The zero-order valence-corrected chi connectivity index (χ0v) is 15.6.